The topological polar surface area (TPSA) is 35.4 Å². The van der Waals surface area contributed by atoms with Gasteiger partial charge in [0.15, 0.2) is 0 Å². The molecule has 0 radical (unpaired) electrons. The van der Waals surface area contributed by atoms with E-state index in [-0.39, 0.29) is 16.1 Å². The Morgan fingerprint density at radius 3 is 2.17 bits per heavy atom. The van der Waals surface area contributed by atoms with E-state index in [1.165, 1.54) is 11.1 Å². The molecule has 3 heteroatoms. The van der Waals surface area contributed by atoms with Gasteiger partial charge in [-0.3, -0.25) is 0 Å². The number of benzene rings is 2. The summed E-state index contributed by atoms with van der Waals surface area (Å²) < 4.78 is 19.2. The fourth-order valence-corrected chi connectivity index (χ4v) is 7.67. The Morgan fingerprint density at radius 1 is 1.00 bits per heavy atom. The van der Waals surface area contributed by atoms with E-state index in [1.807, 2.05) is 36.4 Å². The fraction of sp³-hybridized carbons (Fsp3) is 0.429. The number of aryl methyl sites for hydroxylation is 1. The maximum Gasteiger partial charge on any atom is 0.137 e. The summed E-state index contributed by atoms with van der Waals surface area (Å²) in [6.45, 7) is 13.0. The van der Waals surface area contributed by atoms with Gasteiger partial charge in [0.2, 0.25) is 0 Å². The quantitative estimate of drug-likeness (QED) is 0.598. The smallest absolute Gasteiger partial charge is 0.137 e. The zero-order valence-electron chi connectivity index (χ0n) is 15.5. The summed E-state index contributed by atoms with van der Waals surface area (Å²) in [7, 11) is -2.58. The normalized spacial score (nSPS) is 25.7. The monoisotopic (exact) mass is 341 g/mol. The van der Waals surface area contributed by atoms with Crippen molar-refractivity contribution in [3.8, 4) is 0 Å². The maximum absolute atomic E-state index is 14.3. The summed E-state index contributed by atoms with van der Waals surface area (Å²) >= 11 is 0. The molecule has 0 fully saturated rings. The van der Waals surface area contributed by atoms with Crippen LogP contribution in [-0.4, -0.2) is 9.80 Å². The highest BCUT2D eigenvalue weighted by atomic mass is 32.3. The van der Waals surface area contributed by atoms with Crippen molar-refractivity contribution in [2.24, 2.45) is 9.78 Å². The van der Waals surface area contributed by atoms with Crippen LogP contribution in [0.1, 0.15) is 45.7 Å². The third-order valence-electron chi connectivity index (χ3n) is 4.95. The van der Waals surface area contributed by atoms with Gasteiger partial charge in [-0.05, 0) is 40.8 Å². The molecule has 0 saturated carbocycles. The van der Waals surface area contributed by atoms with E-state index >= 15 is 0 Å². The predicted molar refractivity (Wildman–Crippen MR) is 102 cm³/mol. The van der Waals surface area contributed by atoms with Crippen molar-refractivity contribution in [1.29, 1.82) is 0 Å². The average molecular weight is 342 g/mol. The molecule has 0 aromatic heterocycles. The van der Waals surface area contributed by atoms with Gasteiger partial charge < -0.3 is 4.55 Å². The summed E-state index contributed by atoms with van der Waals surface area (Å²) in [5.41, 5.74) is 2.87. The standard InChI is InChI=1S/C21H27NOS/c1-15-11-13-16(14-12-15)24(23)19(20(2,3)4)21(5,6)17-9-7-8-10-18(17)22-24/h7-14,19H,1-6H3/t19-,24?/m1/s1. The Labute approximate surface area is 147 Å². The van der Waals surface area contributed by atoms with Crippen molar-refractivity contribution in [3.63, 3.8) is 0 Å². The Hall–Kier alpha value is -1.45. The molecular weight excluding hydrogens is 314 g/mol. The second-order valence-corrected chi connectivity index (χ2v) is 10.7. The van der Waals surface area contributed by atoms with Crippen LogP contribution in [0, 0.1) is 12.3 Å². The second kappa shape index (κ2) is 5.53. The first-order valence-corrected chi connectivity index (χ1v) is 10.1. The summed E-state index contributed by atoms with van der Waals surface area (Å²) in [5.74, 6) is 0. The van der Waals surface area contributed by atoms with Crippen LogP contribution in [0.15, 0.2) is 57.8 Å². The summed E-state index contributed by atoms with van der Waals surface area (Å²) in [5, 5.41) is -0.0740. The fourth-order valence-electron chi connectivity index (χ4n) is 4.32. The lowest BCUT2D eigenvalue weighted by molar-refractivity contribution is 0.281. The average Bonchev–Trinajstić information content (AvgIpc) is 2.45. The molecule has 24 heavy (non-hydrogen) atoms. The molecule has 0 bridgehead atoms. The highest BCUT2D eigenvalue weighted by molar-refractivity contribution is 8.00. The van der Waals surface area contributed by atoms with Crippen molar-refractivity contribution in [2.75, 3.05) is 0 Å². The van der Waals surface area contributed by atoms with Crippen LogP contribution in [-0.2, 0) is 15.5 Å². The third-order valence-corrected chi connectivity index (χ3v) is 8.30. The lowest BCUT2D eigenvalue weighted by atomic mass is 9.71. The molecule has 2 aromatic carbocycles. The highest BCUT2D eigenvalue weighted by Gasteiger charge is 2.53. The first-order chi connectivity index (χ1) is 11.1. The molecule has 128 valence electrons. The number of hydrogen-bond acceptors (Lipinski definition) is 2. The number of nitrogens with zero attached hydrogens (tertiary/aromatic N) is 1. The van der Waals surface area contributed by atoms with Gasteiger partial charge in [-0.15, -0.1) is 4.36 Å². The Balaban J connectivity index is 2.36. The van der Waals surface area contributed by atoms with Gasteiger partial charge in [-0.1, -0.05) is 70.5 Å². The molecule has 1 heterocycles. The SMILES string of the molecule is Cc1ccc([S+]2([O-])=Nc3ccccc3C(C)(C)[C@H]2C(C)(C)C)cc1. The first kappa shape index (κ1) is 17.4. The molecule has 0 saturated heterocycles. The largest absolute Gasteiger partial charge is 0.626 e. The predicted octanol–water partition coefficient (Wildman–Crippen LogP) is 5.86. The number of hydrogen-bond donors (Lipinski definition) is 0. The van der Waals surface area contributed by atoms with Crippen LogP contribution in [0.3, 0.4) is 0 Å². The van der Waals surface area contributed by atoms with Crippen LogP contribution in [0.2, 0.25) is 0 Å². The van der Waals surface area contributed by atoms with Gasteiger partial charge >= 0.3 is 0 Å². The van der Waals surface area contributed by atoms with Crippen LogP contribution < -0.4 is 0 Å². The molecular formula is C21H27NOS. The second-order valence-electron chi connectivity index (χ2n) is 8.46. The minimum absolute atomic E-state index is 0.0740. The van der Waals surface area contributed by atoms with E-state index in [4.69, 9.17) is 4.36 Å². The Morgan fingerprint density at radius 2 is 1.58 bits per heavy atom. The van der Waals surface area contributed by atoms with Crippen molar-refractivity contribution < 1.29 is 4.55 Å². The summed E-state index contributed by atoms with van der Waals surface area (Å²) in [6, 6.07) is 16.2. The third kappa shape index (κ3) is 2.64. The van der Waals surface area contributed by atoms with Crippen molar-refractivity contribution >= 4 is 15.8 Å². The van der Waals surface area contributed by atoms with Crippen molar-refractivity contribution in [1.82, 2.24) is 0 Å². The van der Waals surface area contributed by atoms with E-state index in [0.717, 1.165) is 10.6 Å². The molecule has 0 N–H and O–H groups in total. The Kier molecular flexibility index (Phi) is 4.01. The van der Waals surface area contributed by atoms with E-state index in [9.17, 15) is 4.55 Å². The maximum atomic E-state index is 14.3. The first-order valence-electron chi connectivity index (χ1n) is 8.49. The molecule has 3 rings (SSSR count). The lowest BCUT2D eigenvalue weighted by Crippen LogP contribution is -2.52. The highest BCUT2D eigenvalue weighted by Crippen LogP contribution is 2.53. The molecule has 0 amide bonds. The van der Waals surface area contributed by atoms with Crippen LogP contribution in [0.25, 0.3) is 0 Å². The van der Waals surface area contributed by atoms with Gasteiger partial charge in [0.05, 0.1) is 0 Å². The van der Waals surface area contributed by atoms with Crippen LogP contribution >= 0.6 is 0 Å². The van der Waals surface area contributed by atoms with Crippen molar-refractivity contribution in [2.45, 2.75) is 57.1 Å². The summed E-state index contributed by atoms with van der Waals surface area (Å²) in [4.78, 5) is 0.843. The summed E-state index contributed by atoms with van der Waals surface area (Å²) in [6.07, 6.45) is 0. The molecule has 2 nitrogen and oxygen atoms in total. The zero-order chi connectivity index (χ0) is 17.8. The van der Waals surface area contributed by atoms with E-state index in [0.29, 0.717) is 0 Å². The van der Waals surface area contributed by atoms with Gasteiger partial charge in [0.25, 0.3) is 0 Å². The molecule has 2 aromatic rings. The van der Waals surface area contributed by atoms with E-state index < -0.39 is 10.1 Å². The van der Waals surface area contributed by atoms with Crippen LogP contribution in [0.5, 0.6) is 0 Å². The minimum atomic E-state index is -2.58. The molecule has 0 spiro atoms. The minimum Gasteiger partial charge on any atom is -0.626 e. The zero-order valence-corrected chi connectivity index (χ0v) is 16.3. The molecule has 1 unspecified atom stereocenters. The lowest BCUT2D eigenvalue weighted by Gasteiger charge is -2.49. The van der Waals surface area contributed by atoms with E-state index in [1.54, 1.807) is 0 Å². The number of fused-ring (bicyclic) bond motifs is 1. The number of rotatable bonds is 1. The molecule has 1 aliphatic heterocycles. The van der Waals surface area contributed by atoms with Gasteiger partial charge in [-0.2, -0.15) is 0 Å². The Bertz CT molecular complexity index is 812. The van der Waals surface area contributed by atoms with Gasteiger partial charge in [-0.25, -0.2) is 0 Å². The van der Waals surface area contributed by atoms with Crippen molar-refractivity contribution in [3.05, 3.63) is 59.7 Å². The van der Waals surface area contributed by atoms with Crippen LogP contribution in [0.4, 0.5) is 5.69 Å². The van der Waals surface area contributed by atoms with Gasteiger partial charge in [0.1, 0.15) is 15.8 Å². The van der Waals surface area contributed by atoms with E-state index in [2.05, 4.69) is 53.7 Å². The van der Waals surface area contributed by atoms with Gasteiger partial charge in [0, 0.05) is 10.8 Å². The molecule has 2 atom stereocenters. The molecule has 1 aliphatic rings. The molecule has 0 aliphatic carbocycles.